The van der Waals surface area contributed by atoms with Crippen molar-refractivity contribution in [1.29, 1.82) is 0 Å². The first kappa shape index (κ1) is 28.2. The number of alkyl halides is 3. The van der Waals surface area contributed by atoms with Crippen LogP contribution < -0.4 is 15.0 Å². The molecule has 0 saturated heterocycles. The highest BCUT2D eigenvalue weighted by atomic mass is 19.4. The number of hydrogen-bond donors (Lipinski definition) is 1. The van der Waals surface area contributed by atoms with E-state index in [0.29, 0.717) is 5.56 Å². The fourth-order valence-electron chi connectivity index (χ4n) is 4.18. The second-order valence-electron chi connectivity index (χ2n) is 9.18. The summed E-state index contributed by atoms with van der Waals surface area (Å²) in [6, 6.07) is 12.5. The van der Waals surface area contributed by atoms with Gasteiger partial charge >= 0.3 is 6.18 Å². The molecular weight excluding hydrogens is 528 g/mol. The summed E-state index contributed by atoms with van der Waals surface area (Å²) in [5, 5.41) is 2.38. The summed E-state index contributed by atoms with van der Waals surface area (Å²) in [5.74, 6) is -1.71. The predicted molar refractivity (Wildman–Crippen MR) is 145 cm³/mol. The molecule has 40 heavy (non-hydrogen) atoms. The molecule has 206 valence electrons. The average Bonchev–Trinajstić information content (AvgIpc) is 2.89. The van der Waals surface area contributed by atoms with Gasteiger partial charge in [0.2, 0.25) is 0 Å². The number of hydrogen-bond acceptors (Lipinski definition) is 5. The summed E-state index contributed by atoms with van der Waals surface area (Å²) in [6.07, 6.45) is -2.06. The molecule has 1 N–H and O–H groups in total. The molecule has 0 atom stereocenters. The topological polar surface area (TPSA) is 83.4 Å². The minimum Gasteiger partial charge on any atom is -0.475 e. The number of benzene rings is 3. The Kier molecular flexibility index (Phi) is 7.59. The van der Waals surface area contributed by atoms with E-state index in [4.69, 9.17) is 4.74 Å². The highest BCUT2D eigenvalue weighted by Crippen LogP contribution is 2.47. The summed E-state index contributed by atoms with van der Waals surface area (Å²) in [4.78, 5) is 35.7. The lowest BCUT2D eigenvalue weighted by Crippen LogP contribution is -2.52. The number of ether oxygens (including phenoxy) is 1. The van der Waals surface area contributed by atoms with E-state index >= 15 is 0 Å². The van der Waals surface area contributed by atoms with Crippen molar-refractivity contribution in [3.63, 3.8) is 0 Å². The van der Waals surface area contributed by atoms with Crippen LogP contribution in [0.4, 0.5) is 28.9 Å². The van der Waals surface area contributed by atoms with Crippen molar-refractivity contribution >= 4 is 36.1 Å². The monoisotopic (exact) mass is 552 g/mol. The molecule has 3 aromatic carbocycles. The Bertz CT molecular complexity index is 1540. The molecule has 1 heterocycles. The van der Waals surface area contributed by atoms with Gasteiger partial charge in [-0.2, -0.15) is 13.2 Å². The van der Waals surface area contributed by atoms with Gasteiger partial charge < -0.3 is 10.1 Å². The Labute approximate surface area is 227 Å². The number of halogens is 4. The van der Waals surface area contributed by atoms with Crippen LogP contribution in [-0.4, -0.2) is 30.3 Å². The summed E-state index contributed by atoms with van der Waals surface area (Å²) >= 11 is 0. The van der Waals surface area contributed by atoms with Crippen LogP contribution in [0.3, 0.4) is 0 Å². The van der Waals surface area contributed by atoms with Crippen molar-refractivity contribution in [2.75, 3.05) is 10.2 Å². The lowest BCUT2D eigenvalue weighted by atomic mass is 9.95. The lowest BCUT2D eigenvalue weighted by Gasteiger charge is -2.39. The van der Waals surface area contributed by atoms with Gasteiger partial charge in [-0.3, -0.25) is 19.5 Å². The zero-order valence-electron chi connectivity index (χ0n) is 21.7. The van der Waals surface area contributed by atoms with Crippen LogP contribution >= 0.6 is 0 Å². The largest absolute Gasteiger partial charge is 0.475 e. The van der Waals surface area contributed by atoms with E-state index < -0.39 is 40.5 Å². The summed E-state index contributed by atoms with van der Waals surface area (Å²) in [7, 11) is 0. The van der Waals surface area contributed by atoms with E-state index in [9.17, 15) is 27.2 Å². The third-order valence-corrected chi connectivity index (χ3v) is 5.99. The molecule has 4 rings (SSSR count). The standard InChI is InChI=1S/C29H24F4N4O3/c1-5-35-24(16-34-4)37-23-8-6-7-20(25(23)40-28(2,3)27(37)39)17-9-14-22(29(31,32)33)21(15-17)26(38)36-19-12-10-18(30)11-13-19/h5-16H,4H2,1-3H3,(H,36,38)/b24-16+,35-5?. The van der Waals surface area contributed by atoms with Crippen LogP contribution in [0.1, 0.15) is 36.7 Å². The molecule has 0 bridgehead atoms. The normalized spacial score (nSPS) is 15.0. The van der Waals surface area contributed by atoms with Gasteiger partial charge in [0.05, 0.1) is 23.0 Å². The van der Waals surface area contributed by atoms with Gasteiger partial charge in [-0.1, -0.05) is 18.2 Å². The van der Waals surface area contributed by atoms with Crippen molar-refractivity contribution < 1.29 is 31.9 Å². The summed E-state index contributed by atoms with van der Waals surface area (Å²) in [6.45, 7) is 8.18. The molecule has 0 aliphatic carbocycles. The Morgan fingerprint density at radius 1 is 1.10 bits per heavy atom. The van der Waals surface area contributed by atoms with Crippen molar-refractivity contribution in [3.8, 4) is 16.9 Å². The zero-order chi connectivity index (χ0) is 29.2. The number of aliphatic imine (C=N–C) groups is 2. The Balaban J connectivity index is 1.88. The average molecular weight is 553 g/mol. The van der Waals surface area contributed by atoms with E-state index in [2.05, 4.69) is 22.0 Å². The number of carbonyl (C=O) groups is 2. The van der Waals surface area contributed by atoms with Gasteiger partial charge in [0.15, 0.2) is 17.2 Å². The first-order valence-corrected chi connectivity index (χ1v) is 12.0. The fraction of sp³-hybridized carbons (Fsp3) is 0.172. The van der Waals surface area contributed by atoms with Crippen molar-refractivity contribution in [3.05, 3.63) is 89.6 Å². The molecule has 0 unspecified atom stereocenters. The van der Waals surface area contributed by atoms with E-state index in [-0.39, 0.29) is 28.5 Å². The Morgan fingerprint density at radius 2 is 1.80 bits per heavy atom. The van der Waals surface area contributed by atoms with Crippen LogP contribution in [0.2, 0.25) is 0 Å². The molecule has 2 amide bonds. The van der Waals surface area contributed by atoms with Crippen LogP contribution in [0.25, 0.3) is 11.1 Å². The van der Waals surface area contributed by atoms with E-state index in [0.717, 1.165) is 24.3 Å². The van der Waals surface area contributed by atoms with E-state index in [1.807, 2.05) is 0 Å². The molecule has 0 saturated carbocycles. The number of carbonyl (C=O) groups excluding carboxylic acids is 2. The van der Waals surface area contributed by atoms with Gasteiger partial charge in [0.25, 0.3) is 11.8 Å². The van der Waals surface area contributed by atoms with Gasteiger partial charge in [-0.05, 0) is 75.5 Å². The second-order valence-corrected chi connectivity index (χ2v) is 9.18. The number of fused-ring (bicyclic) bond motifs is 1. The fourth-order valence-corrected chi connectivity index (χ4v) is 4.18. The molecule has 1 aliphatic heterocycles. The smallest absolute Gasteiger partial charge is 0.417 e. The van der Waals surface area contributed by atoms with Gasteiger partial charge in [-0.25, -0.2) is 9.38 Å². The molecule has 1 aliphatic rings. The first-order chi connectivity index (χ1) is 18.9. The van der Waals surface area contributed by atoms with Gasteiger partial charge in [0, 0.05) is 17.5 Å². The number of amides is 2. The number of para-hydroxylation sites is 1. The molecular formula is C29H24F4N4O3. The van der Waals surface area contributed by atoms with Crippen LogP contribution in [0, 0.1) is 5.82 Å². The first-order valence-electron chi connectivity index (χ1n) is 12.0. The molecule has 0 aromatic heterocycles. The van der Waals surface area contributed by atoms with Gasteiger partial charge in [0.1, 0.15) is 5.82 Å². The molecule has 3 aromatic rings. The number of rotatable bonds is 6. The summed E-state index contributed by atoms with van der Waals surface area (Å²) < 4.78 is 61.1. The minimum atomic E-state index is -4.83. The molecule has 0 fully saturated rings. The maximum Gasteiger partial charge on any atom is 0.417 e. The van der Waals surface area contributed by atoms with Crippen LogP contribution in [-0.2, 0) is 11.0 Å². The van der Waals surface area contributed by atoms with E-state index in [1.165, 1.54) is 35.5 Å². The van der Waals surface area contributed by atoms with Crippen molar-refractivity contribution in [2.45, 2.75) is 32.5 Å². The lowest BCUT2D eigenvalue weighted by molar-refractivity contribution is -0.138. The maximum absolute atomic E-state index is 13.9. The van der Waals surface area contributed by atoms with E-state index in [1.54, 1.807) is 39.0 Å². The zero-order valence-corrected chi connectivity index (χ0v) is 21.7. The second kappa shape index (κ2) is 10.8. The SMILES string of the molecule is C=N/C=C(\N=CC)N1C(=O)C(C)(C)Oc2c(-c3ccc(C(F)(F)F)c(C(=O)Nc4ccc(F)cc4)c3)cccc21. The summed E-state index contributed by atoms with van der Waals surface area (Å²) in [5.41, 5.74) is -2.24. The van der Waals surface area contributed by atoms with Gasteiger partial charge in [-0.15, -0.1) is 0 Å². The molecule has 0 radical (unpaired) electrons. The third kappa shape index (κ3) is 5.49. The Hall–Kier alpha value is -4.80. The molecule has 0 spiro atoms. The maximum atomic E-state index is 13.9. The number of nitrogens with zero attached hydrogens (tertiary/aromatic N) is 3. The molecule has 11 heteroatoms. The molecule has 7 nitrogen and oxygen atoms in total. The highest BCUT2D eigenvalue weighted by Gasteiger charge is 2.44. The van der Waals surface area contributed by atoms with Crippen molar-refractivity contribution in [1.82, 2.24) is 0 Å². The third-order valence-electron chi connectivity index (χ3n) is 5.99. The highest BCUT2D eigenvalue weighted by molar-refractivity contribution is 6.08. The minimum absolute atomic E-state index is 0.118. The predicted octanol–water partition coefficient (Wildman–Crippen LogP) is 6.86. The van der Waals surface area contributed by atoms with Crippen LogP contribution in [0.15, 0.2) is 82.7 Å². The number of nitrogens with one attached hydrogen (secondary N) is 1. The van der Waals surface area contributed by atoms with Crippen LogP contribution in [0.5, 0.6) is 5.75 Å². The quantitative estimate of drug-likeness (QED) is 0.268. The van der Waals surface area contributed by atoms with Crippen molar-refractivity contribution in [2.24, 2.45) is 9.98 Å². The Morgan fingerprint density at radius 3 is 2.42 bits per heavy atom. The number of anilines is 2.